The average Bonchev–Trinajstić information content (AvgIpc) is 2.81. The van der Waals surface area contributed by atoms with E-state index < -0.39 is 34.0 Å². The van der Waals surface area contributed by atoms with Crippen molar-refractivity contribution in [2.75, 3.05) is 39.5 Å². The molecular formula is C23H25ClN4O6S. The number of aromatic nitrogens is 1. The molecule has 186 valence electrons. The van der Waals surface area contributed by atoms with Gasteiger partial charge in [-0.2, -0.15) is 0 Å². The lowest BCUT2D eigenvalue weighted by molar-refractivity contribution is 0.0693. The van der Waals surface area contributed by atoms with Crippen LogP contribution in [0.15, 0.2) is 35.1 Å². The molecule has 0 radical (unpaired) electrons. The number of aliphatic hydroxyl groups excluding tert-OH is 1. The Morgan fingerprint density at radius 2 is 1.91 bits per heavy atom. The Morgan fingerprint density at radius 1 is 1.23 bits per heavy atom. The van der Waals surface area contributed by atoms with E-state index >= 15 is 0 Å². The van der Waals surface area contributed by atoms with Gasteiger partial charge in [0.15, 0.2) is 0 Å². The van der Waals surface area contributed by atoms with E-state index in [2.05, 4.69) is 17.2 Å². The largest absolute Gasteiger partial charge is 0.384 e. The van der Waals surface area contributed by atoms with Gasteiger partial charge in [-0.25, -0.2) is 12.7 Å². The SMILES string of the molecule is CN(CCN1CCn2c(c(C#CCO)cc(C(=O)NCc3ccc(Cl)cc3)c2=O)C1=O)S(C)(=O)=O. The molecule has 0 atom stereocenters. The molecule has 1 aromatic carbocycles. The van der Waals surface area contributed by atoms with Crippen LogP contribution in [-0.2, 0) is 23.1 Å². The van der Waals surface area contributed by atoms with Crippen LogP contribution >= 0.6 is 11.6 Å². The van der Waals surface area contributed by atoms with Gasteiger partial charge < -0.3 is 19.9 Å². The van der Waals surface area contributed by atoms with E-state index in [0.717, 1.165) is 16.1 Å². The highest BCUT2D eigenvalue weighted by atomic mass is 35.5. The number of pyridine rings is 1. The lowest BCUT2D eigenvalue weighted by atomic mass is 10.1. The van der Waals surface area contributed by atoms with E-state index in [-0.39, 0.29) is 49.5 Å². The smallest absolute Gasteiger partial charge is 0.271 e. The van der Waals surface area contributed by atoms with Gasteiger partial charge in [-0.15, -0.1) is 0 Å². The van der Waals surface area contributed by atoms with Gasteiger partial charge >= 0.3 is 0 Å². The predicted molar refractivity (Wildman–Crippen MR) is 131 cm³/mol. The quantitative estimate of drug-likeness (QED) is 0.499. The lowest BCUT2D eigenvalue weighted by Gasteiger charge is -2.31. The zero-order valence-electron chi connectivity index (χ0n) is 19.2. The molecule has 2 heterocycles. The van der Waals surface area contributed by atoms with Crippen LogP contribution in [0.1, 0.15) is 32.0 Å². The Labute approximate surface area is 208 Å². The Balaban J connectivity index is 1.90. The van der Waals surface area contributed by atoms with Crippen molar-refractivity contribution in [2.24, 2.45) is 0 Å². The highest BCUT2D eigenvalue weighted by Crippen LogP contribution is 2.17. The molecule has 2 N–H and O–H groups in total. The normalized spacial score (nSPS) is 13.3. The minimum atomic E-state index is -3.41. The third-order valence-electron chi connectivity index (χ3n) is 5.54. The van der Waals surface area contributed by atoms with Crippen molar-refractivity contribution in [3.05, 3.63) is 68.1 Å². The number of halogens is 1. The number of likely N-dealkylation sites (N-methyl/N-ethyl adjacent to an activating group) is 1. The molecule has 0 spiro atoms. The first-order valence-corrected chi connectivity index (χ1v) is 12.9. The number of amides is 2. The summed E-state index contributed by atoms with van der Waals surface area (Å²) in [5, 5.41) is 12.4. The van der Waals surface area contributed by atoms with Crippen molar-refractivity contribution in [3.8, 4) is 11.8 Å². The number of hydrogen-bond donors (Lipinski definition) is 2. The second kappa shape index (κ2) is 11.0. The molecule has 35 heavy (non-hydrogen) atoms. The summed E-state index contributed by atoms with van der Waals surface area (Å²) >= 11 is 5.87. The Hall–Kier alpha value is -3.17. The van der Waals surface area contributed by atoms with Gasteiger partial charge in [-0.05, 0) is 23.8 Å². The Kier molecular flexibility index (Phi) is 8.34. The minimum absolute atomic E-state index is 0.00143. The summed E-state index contributed by atoms with van der Waals surface area (Å²) < 4.78 is 25.6. The van der Waals surface area contributed by atoms with Gasteiger partial charge in [0.05, 0.1) is 11.8 Å². The molecular weight excluding hydrogens is 496 g/mol. The molecule has 0 fully saturated rings. The summed E-state index contributed by atoms with van der Waals surface area (Å²) in [6.45, 7) is 0.147. The maximum absolute atomic E-state index is 13.2. The monoisotopic (exact) mass is 520 g/mol. The van der Waals surface area contributed by atoms with Crippen molar-refractivity contribution in [1.29, 1.82) is 0 Å². The number of rotatable bonds is 7. The maximum atomic E-state index is 13.2. The second-order valence-electron chi connectivity index (χ2n) is 7.92. The summed E-state index contributed by atoms with van der Waals surface area (Å²) in [6.07, 6.45) is 1.07. The maximum Gasteiger partial charge on any atom is 0.271 e. The summed E-state index contributed by atoms with van der Waals surface area (Å²) in [5.74, 6) is 3.98. The molecule has 1 aliphatic rings. The number of fused-ring (bicyclic) bond motifs is 1. The van der Waals surface area contributed by atoms with E-state index in [9.17, 15) is 22.8 Å². The molecule has 2 amide bonds. The molecule has 1 aromatic heterocycles. The van der Waals surface area contributed by atoms with E-state index in [1.807, 2.05) is 0 Å². The fraction of sp³-hybridized carbons (Fsp3) is 0.348. The minimum Gasteiger partial charge on any atom is -0.384 e. The van der Waals surface area contributed by atoms with Gasteiger partial charge in [0.25, 0.3) is 17.4 Å². The third kappa shape index (κ3) is 6.29. The van der Waals surface area contributed by atoms with Crippen LogP contribution < -0.4 is 10.9 Å². The second-order valence-corrected chi connectivity index (χ2v) is 10.4. The molecule has 0 saturated heterocycles. The first-order valence-electron chi connectivity index (χ1n) is 10.6. The van der Waals surface area contributed by atoms with E-state index in [0.29, 0.717) is 5.02 Å². The van der Waals surface area contributed by atoms with Crippen LogP contribution in [0.3, 0.4) is 0 Å². The molecule has 2 aromatic rings. The summed E-state index contributed by atoms with van der Waals surface area (Å²) in [4.78, 5) is 40.6. The predicted octanol–water partition coefficient (Wildman–Crippen LogP) is 0.123. The molecule has 0 unspecified atom stereocenters. The van der Waals surface area contributed by atoms with Crippen LogP contribution in [0.4, 0.5) is 0 Å². The third-order valence-corrected chi connectivity index (χ3v) is 7.10. The first-order chi connectivity index (χ1) is 16.5. The zero-order chi connectivity index (χ0) is 25.8. The van der Waals surface area contributed by atoms with Crippen LogP contribution in [0.25, 0.3) is 0 Å². The molecule has 0 bridgehead atoms. The van der Waals surface area contributed by atoms with Crippen molar-refractivity contribution in [2.45, 2.75) is 13.1 Å². The molecule has 3 rings (SSSR count). The number of nitrogens with zero attached hydrogens (tertiary/aromatic N) is 3. The fourth-order valence-corrected chi connectivity index (χ4v) is 4.04. The van der Waals surface area contributed by atoms with Crippen LogP contribution in [0, 0.1) is 11.8 Å². The van der Waals surface area contributed by atoms with E-state index in [1.54, 1.807) is 24.3 Å². The van der Waals surface area contributed by atoms with Gasteiger partial charge in [-0.1, -0.05) is 35.6 Å². The highest BCUT2D eigenvalue weighted by Gasteiger charge is 2.30. The number of carbonyl (C=O) groups is 2. The fourth-order valence-electron chi connectivity index (χ4n) is 3.50. The lowest BCUT2D eigenvalue weighted by Crippen LogP contribution is -2.48. The van der Waals surface area contributed by atoms with Crippen molar-refractivity contribution < 1.29 is 23.1 Å². The molecule has 0 saturated carbocycles. The first kappa shape index (κ1) is 26.4. The summed E-state index contributed by atoms with van der Waals surface area (Å²) in [7, 11) is -2.00. The standard InChI is InChI=1S/C23H25ClN4O6S/c1-26(35(2,33)34)9-10-27-11-12-28-20(23(27)32)17(4-3-13-29)14-19(22(28)31)21(30)25-15-16-5-7-18(24)8-6-16/h5-8,14,29H,9-13,15H2,1-2H3,(H,25,30). The van der Waals surface area contributed by atoms with Gasteiger partial charge in [0, 0.05) is 44.8 Å². The molecule has 0 aliphatic carbocycles. The summed E-state index contributed by atoms with van der Waals surface area (Å²) in [5.41, 5.74) is 0.0957. The molecule has 10 nitrogen and oxygen atoms in total. The number of hydrogen-bond acceptors (Lipinski definition) is 6. The number of nitrogens with one attached hydrogen (secondary N) is 1. The van der Waals surface area contributed by atoms with Gasteiger partial charge in [0.1, 0.15) is 17.9 Å². The van der Waals surface area contributed by atoms with Crippen molar-refractivity contribution >= 4 is 33.4 Å². The van der Waals surface area contributed by atoms with Crippen molar-refractivity contribution in [1.82, 2.24) is 19.1 Å². The Bertz CT molecular complexity index is 1360. The van der Waals surface area contributed by atoms with Crippen molar-refractivity contribution in [3.63, 3.8) is 0 Å². The zero-order valence-corrected chi connectivity index (χ0v) is 20.8. The molecule has 1 aliphatic heterocycles. The molecule has 12 heteroatoms. The summed E-state index contributed by atoms with van der Waals surface area (Å²) in [6, 6.07) is 8.11. The number of benzene rings is 1. The highest BCUT2D eigenvalue weighted by molar-refractivity contribution is 7.88. The van der Waals surface area contributed by atoms with E-state index in [1.165, 1.54) is 22.6 Å². The number of aliphatic hydroxyl groups is 1. The average molecular weight is 521 g/mol. The number of sulfonamides is 1. The van der Waals surface area contributed by atoms with Crippen LogP contribution in [-0.4, -0.2) is 78.7 Å². The van der Waals surface area contributed by atoms with Crippen LogP contribution in [0.5, 0.6) is 0 Å². The Morgan fingerprint density at radius 3 is 2.54 bits per heavy atom. The topological polar surface area (TPSA) is 129 Å². The van der Waals surface area contributed by atoms with E-state index in [4.69, 9.17) is 16.7 Å². The number of carbonyl (C=O) groups excluding carboxylic acids is 2. The van der Waals surface area contributed by atoms with Crippen LogP contribution in [0.2, 0.25) is 5.02 Å². The van der Waals surface area contributed by atoms with Gasteiger partial charge in [0.2, 0.25) is 10.0 Å². The van der Waals surface area contributed by atoms with Gasteiger partial charge in [-0.3, -0.25) is 14.4 Å².